The Kier molecular flexibility index (Phi) is 6.68. The maximum atomic E-state index is 12.1. The largest absolute Gasteiger partial charge is 0.497 e. The zero-order chi connectivity index (χ0) is 21.5. The van der Waals surface area contributed by atoms with E-state index in [4.69, 9.17) is 9.47 Å². The molecule has 0 saturated heterocycles. The molecule has 0 aliphatic rings. The molecule has 158 valence electrons. The summed E-state index contributed by atoms with van der Waals surface area (Å²) in [7, 11) is 3.11. The monoisotopic (exact) mass is 411 g/mol. The summed E-state index contributed by atoms with van der Waals surface area (Å²) < 4.78 is 12.1. The molecular weight excluding hydrogens is 386 g/mol. The van der Waals surface area contributed by atoms with Crippen LogP contribution in [0.4, 0.5) is 16.3 Å². The molecule has 2 aromatic heterocycles. The number of nitrogens with zero attached hydrogens (tertiary/aromatic N) is 4. The molecule has 0 radical (unpaired) electrons. The maximum Gasteiger partial charge on any atom is 0.319 e. The molecule has 0 bridgehead atoms. The Bertz CT molecular complexity index is 980. The molecule has 0 saturated carbocycles. The number of nitrogens with one attached hydrogen (secondary N) is 3. The summed E-state index contributed by atoms with van der Waals surface area (Å²) >= 11 is 0. The summed E-state index contributed by atoms with van der Waals surface area (Å²) in [6.07, 6.45) is 0. The molecule has 0 aliphatic carbocycles. The van der Waals surface area contributed by atoms with Crippen molar-refractivity contribution in [1.29, 1.82) is 0 Å². The molecule has 0 aliphatic heterocycles. The van der Waals surface area contributed by atoms with Gasteiger partial charge in [0.15, 0.2) is 5.82 Å². The van der Waals surface area contributed by atoms with Crippen molar-refractivity contribution in [3.05, 3.63) is 47.8 Å². The van der Waals surface area contributed by atoms with Gasteiger partial charge in [0, 0.05) is 42.7 Å². The van der Waals surface area contributed by atoms with Gasteiger partial charge in [0.05, 0.1) is 19.9 Å². The van der Waals surface area contributed by atoms with Crippen LogP contribution in [-0.2, 0) is 0 Å². The van der Waals surface area contributed by atoms with E-state index < -0.39 is 0 Å². The first-order chi connectivity index (χ1) is 14.5. The maximum absolute atomic E-state index is 12.1. The van der Waals surface area contributed by atoms with E-state index in [9.17, 15) is 4.79 Å². The molecule has 0 spiro atoms. The Labute approximate surface area is 174 Å². The van der Waals surface area contributed by atoms with Gasteiger partial charge in [-0.15, -0.1) is 10.2 Å². The van der Waals surface area contributed by atoms with E-state index in [1.165, 1.54) is 0 Å². The lowest BCUT2D eigenvalue weighted by Crippen LogP contribution is -2.32. The third-order valence-electron chi connectivity index (χ3n) is 4.20. The molecule has 3 rings (SSSR count). The summed E-state index contributed by atoms with van der Waals surface area (Å²) in [5.41, 5.74) is 2.49. The smallest absolute Gasteiger partial charge is 0.319 e. The highest BCUT2D eigenvalue weighted by molar-refractivity contribution is 5.89. The van der Waals surface area contributed by atoms with E-state index in [2.05, 4.69) is 31.2 Å². The number of aryl methyl sites for hydroxylation is 2. The van der Waals surface area contributed by atoms with Crippen molar-refractivity contribution in [1.82, 2.24) is 25.3 Å². The molecule has 10 nitrogen and oxygen atoms in total. The molecule has 0 fully saturated rings. The van der Waals surface area contributed by atoms with Gasteiger partial charge in [-0.25, -0.2) is 9.48 Å². The number of rotatable bonds is 8. The number of hydrogen-bond donors (Lipinski definition) is 3. The number of benzene rings is 1. The second-order valence-electron chi connectivity index (χ2n) is 6.52. The van der Waals surface area contributed by atoms with Crippen molar-refractivity contribution in [2.45, 2.75) is 13.8 Å². The third-order valence-corrected chi connectivity index (χ3v) is 4.20. The quantitative estimate of drug-likeness (QED) is 0.488. The molecule has 0 atom stereocenters. The lowest BCUT2D eigenvalue weighted by Gasteiger charge is -2.11. The minimum atomic E-state index is -0.335. The number of ether oxygens (including phenoxy) is 2. The molecule has 1 aromatic carbocycles. The van der Waals surface area contributed by atoms with Crippen molar-refractivity contribution < 1.29 is 14.3 Å². The Morgan fingerprint density at radius 1 is 1.00 bits per heavy atom. The minimum Gasteiger partial charge on any atom is -0.497 e. The average molecular weight is 411 g/mol. The van der Waals surface area contributed by atoms with Gasteiger partial charge in [-0.2, -0.15) is 5.10 Å². The van der Waals surface area contributed by atoms with Crippen LogP contribution in [-0.4, -0.2) is 53.3 Å². The number of methoxy groups -OCH3 is 2. The molecule has 0 unspecified atom stereocenters. The van der Waals surface area contributed by atoms with Crippen LogP contribution in [0.5, 0.6) is 11.5 Å². The molecule has 10 heteroatoms. The Morgan fingerprint density at radius 3 is 2.30 bits per heavy atom. The first-order valence-corrected chi connectivity index (χ1v) is 9.37. The number of aromatic nitrogens is 4. The van der Waals surface area contributed by atoms with Crippen molar-refractivity contribution >= 4 is 17.5 Å². The van der Waals surface area contributed by atoms with E-state index in [1.54, 1.807) is 37.1 Å². The minimum absolute atomic E-state index is 0.335. The SMILES string of the molecule is COc1cc(NC(=O)NCCNc2ccc(-n3nc(C)cc3C)nn2)cc(OC)c1. The second-order valence-corrected chi connectivity index (χ2v) is 6.52. The van der Waals surface area contributed by atoms with Crippen LogP contribution >= 0.6 is 0 Å². The zero-order valence-electron chi connectivity index (χ0n) is 17.4. The molecule has 2 amide bonds. The Morgan fingerprint density at radius 2 is 1.73 bits per heavy atom. The summed E-state index contributed by atoms with van der Waals surface area (Å²) in [5.74, 6) is 2.44. The number of urea groups is 1. The predicted molar refractivity (Wildman–Crippen MR) is 114 cm³/mol. The molecule has 30 heavy (non-hydrogen) atoms. The summed E-state index contributed by atoms with van der Waals surface area (Å²) in [6, 6.07) is 10.4. The highest BCUT2D eigenvalue weighted by atomic mass is 16.5. The summed E-state index contributed by atoms with van der Waals surface area (Å²) in [6.45, 7) is 4.78. The van der Waals surface area contributed by atoms with E-state index in [-0.39, 0.29) is 6.03 Å². The standard InChI is InChI=1S/C20H25N7O3/c1-13-9-14(2)27(26-13)19-6-5-18(24-25-19)21-7-8-22-20(28)23-15-10-16(29-3)12-17(11-15)30-4/h5-6,9-12H,7-8H2,1-4H3,(H,21,24)(H2,22,23,28). The normalized spacial score (nSPS) is 10.4. The lowest BCUT2D eigenvalue weighted by atomic mass is 10.3. The van der Waals surface area contributed by atoms with Gasteiger partial charge in [-0.05, 0) is 32.0 Å². The molecular formula is C20H25N7O3. The van der Waals surface area contributed by atoms with E-state index in [0.29, 0.717) is 41.9 Å². The highest BCUT2D eigenvalue weighted by Crippen LogP contribution is 2.25. The van der Waals surface area contributed by atoms with Gasteiger partial charge in [0.25, 0.3) is 0 Å². The van der Waals surface area contributed by atoms with Crippen LogP contribution in [0.3, 0.4) is 0 Å². The van der Waals surface area contributed by atoms with Crippen molar-refractivity contribution in [2.75, 3.05) is 37.9 Å². The summed E-state index contributed by atoms with van der Waals surface area (Å²) in [5, 5.41) is 21.4. The molecule has 3 N–H and O–H groups in total. The van der Waals surface area contributed by atoms with Crippen molar-refractivity contribution in [2.24, 2.45) is 0 Å². The first kappa shape index (κ1) is 20.9. The number of amides is 2. The number of anilines is 2. The fourth-order valence-electron chi connectivity index (χ4n) is 2.81. The number of carbonyl (C=O) groups excluding carboxylic acids is 1. The van der Waals surface area contributed by atoms with Crippen LogP contribution in [0.2, 0.25) is 0 Å². The van der Waals surface area contributed by atoms with Crippen LogP contribution < -0.4 is 25.4 Å². The fourth-order valence-corrected chi connectivity index (χ4v) is 2.81. The van der Waals surface area contributed by atoms with Crippen LogP contribution in [0.15, 0.2) is 36.4 Å². The highest BCUT2D eigenvalue weighted by Gasteiger charge is 2.07. The van der Waals surface area contributed by atoms with Gasteiger partial charge < -0.3 is 25.4 Å². The van der Waals surface area contributed by atoms with Crippen LogP contribution in [0.1, 0.15) is 11.4 Å². The lowest BCUT2D eigenvalue weighted by molar-refractivity contribution is 0.252. The van der Waals surface area contributed by atoms with E-state index in [1.807, 2.05) is 32.0 Å². The fraction of sp³-hybridized carbons (Fsp3) is 0.300. The van der Waals surface area contributed by atoms with Gasteiger partial charge in [-0.1, -0.05) is 0 Å². The van der Waals surface area contributed by atoms with Gasteiger partial charge in [0.2, 0.25) is 0 Å². The van der Waals surface area contributed by atoms with Gasteiger partial charge >= 0.3 is 6.03 Å². The van der Waals surface area contributed by atoms with Crippen molar-refractivity contribution in [3.63, 3.8) is 0 Å². The summed E-state index contributed by atoms with van der Waals surface area (Å²) in [4.78, 5) is 12.1. The predicted octanol–water partition coefficient (Wildman–Crippen LogP) is 2.53. The van der Waals surface area contributed by atoms with Crippen LogP contribution in [0.25, 0.3) is 5.82 Å². The van der Waals surface area contributed by atoms with Crippen LogP contribution in [0, 0.1) is 13.8 Å². The average Bonchev–Trinajstić information content (AvgIpc) is 3.09. The number of carbonyl (C=O) groups is 1. The third kappa shape index (κ3) is 5.37. The van der Waals surface area contributed by atoms with E-state index in [0.717, 1.165) is 11.4 Å². The van der Waals surface area contributed by atoms with Gasteiger partial charge in [0.1, 0.15) is 17.3 Å². The first-order valence-electron chi connectivity index (χ1n) is 9.37. The topological polar surface area (TPSA) is 115 Å². The zero-order valence-corrected chi connectivity index (χ0v) is 17.4. The second kappa shape index (κ2) is 9.59. The Hall–Kier alpha value is -3.82. The molecule has 2 heterocycles. The molecule has 3 aromatic rings. The van der Waals surface area contributed by atoms with Gasteiger partial charge in [-0.3, -0.25) is 0 Å². The van der Waals surface area contributed by atoms with Crippen molar-refractivity contribution in [3.8, 4) is 17.3 Å². The number of hydrogen-bond acceptors (Lipinski definition) is 7. The van der Waals surface area contributed by atoms with E-state index >= 15 is 0 Å². The Balaban J connectivity index is 1.46.